The van der Waals surface area contributed by atoms with Crippen LogP contribution in [0.5, 0.6) is 0 Å². The van der Waals surface area contributed by atoms with Gasteiger partial charge in [-0.05, 0) is 29.5 Å². The van der Waals surface area contributed by atoms with Crippen LogP contribution in [0.15, 0.2) is 54.7 Å². The maximum atomic E-state index is 11.1. The van der Waals surface area contributed by atoms with E-state index in [0.29, 0.717) is 17.2 Å². The molecule has 0 aliphatic rings. The Balaban J connectivity index is 2.02. The number of aromatic nitrogens is 2. The number of rotatable bonds is 6. The summed E-state index contributed by atoms with van der Waals surface area (Å²) in [6.07, 6.45) is 0.880. The monoisotopic (exact) mass is 337 g/mol. The summed E-state index contributed by atoms with van der Waals surface area (Å²) in [4.78, 5) is 8.79. The zero-order valence-corrected chi connectivity index (χ0v) is 14.4. The molecule has 2 atom stereocenters. The van der Waals surface area contributed by atoms with E-state index in [1.807, 2.05) is 62.4 Å². The molecule has 2 aromatic heterocycles. The highest BCUT2D eigenvalue weighted by molar-refractivity contribution is 5.85. The second kappa shape index (κ2) is 7.59. The molecule has 3 aromatic rings. The molecule has 130 valence electrons. The summed E-state index contributed by atoms with van der Waals surface area (Å²) in [6, 6.07) is 15.0. The quantitative estimate of drug-likeness (QED) is 0.643. The smallest absolute Gasteiger partial charge is 0.126 e. The molecule has 5 nitrogen and oxygen atoms in total. The normalized spacial score (nSPS) is 13.8. The van der Waals surface area contributed by atoms with E-state index < -0.39 is 6.10 Å². The Morgan fingerprint density at radius 3 is 2.52 bits per heavy atom. The second-order valence-electron chi connectivity index (χ2n) is 6.45. The summed E-state index contributed by atoms with van der Waals surface area (Å²) in [5.41, 5.74) is 1.12. The van der Waals surface area contributed by atoms with Crippen LogP contribution in [0.1, 0.15) is 31.3 Å². The number of hydrogen-bond donors (Lipinski definition) is 3. The van der Waals surface area contributed by atoms with Crippen molar-refractivity contribution >= 4 is 16.6 Å². The fourth-order valence-electron chi connectivity index (χ4n) is 2.99. The van der Waals surface area contributed by atoms with Gasteiger partial charge in [0.2, 0.25) is 0 Å². The van der Waals surface area contributed by atoms with Crippen LogP contribution in [-0.4, -0.2) is 26.2 Å². The van der Waals surface area contributed by atoms with Gasteiger partial charge in [-0.25, -0.2) is 4.98 Å². The van der Waals surface area contributed by atoms with E-state index in [0.717, 1.165) is 10.8 Å². The van der Waals surface area contributed by atoms with Crippen molar-refractivity contribution in [2.24, 2.45) is 5.92 Å². The molecule has 0 aliphatic heterocycles. The van der Waals surface area contributed by atoms with Gasteiger partial charge in [0.1, 0.15) is 11.9 Å². The predicted molar refractivity (Wildman–Crippen MR) is 99.1 cm³/mol. The van der Waals surface area contributed by atoms with Gasteiger partial charge in [0.15, 0.2) is 0 Å². The summed E-state index contributed by atoms with van der Waals surface area (Å²) in [6.45, 7) is 3.92. The minimum absolute atomic E-state index is 0.148. The number of pyridine rings is 2. The van der Waals surface area contributed by atoms with Crippen molar-refractivity contribution in [1.29, 1.82) is 0 Å². The Morgan fingerprint density at radius 1 is 1.08 bits per heavy atom. The van der Waals surface area contributed by atoms with Gasteiger partial charge in [-0.2, -0.15) is 0 Å². The van der Waals surface area contributed by atoms with Crippen molar-refractivity contribution in [3.63, 3.8) is 0 Å². The summed E-state index contributed by atoms with van der Waals surface area (Å²) < 4.78 is 0. The Morgan fingerprint density at radius 2 is 1.84 bits per heavy atom. The molecule has 1 unspecified atom stereocenters. The Kier molecular flexibility index (Phi) is 5.26. The molecule has 0 aliphatic carbocycles. The SMILES string of the molecule is CC(C)[C@H](Nc1ccccn1)C(O)c1nc(CO)cc2ccccc12. The zero-order valence-electron chi connectivity index (χ0n) is 14.4. The molecule has 1 aromatic carbocycles. The largest absolute Gasteiger partial charge is 0.390 e. The third kappa shape index (κ3) is 3.78. The molecule has 3 rings (SSSR count). The zero-order chi connectivity index (χ0) is 17.8. The lowest BCUT2D eigenvalue weighted by Gasteiger charge is -2.28. The fourth-order valence-corrected chi connectivity index (χ4v) is 2.99. The first-order valence-electron chi connectivity index (χ1n) is 8.45. The summed E-state index contributed by atoms with van der Waals surface area (Å²) in [5.74, 6) is 0.859. The summed E-state index contributed by atoms with van der Waals surface area (Å²) in [7, 11) is 0. The number of nitrogens with one attached hydrogen (secondary N) is 1. The number of hydrogen-bond acceptors (Lipinski definition) is 5. The third-order valence-electron chi connectivity index (χ3n) is 4.30. The van der Waals surface area contributed by atoms with Crippen molar-refractivity contribution in [2.45, 2.75) is 32.6 Å². The van der Waals surface area contributed by atoms with Gasteiger partial charge >= 0.3 is 0 Å². The molecule has 0 amide bonds. The first kappa shape index (κ1) is 17.3. The number of benzene rings is 1. The number of fused-ring (bicyclic) bond motifs is 1. The number of nitrogens with zero attached hydrogens (tertiary/aromatic N) is 2. The highest BCUT2D eigenvalue weighted by atomic mass is 16.3. The van der Waals surface area contributed by atoms with Crippen LogP contribution in [0.25, 0.3) is 10.8 Å². The number of aliphatic hydroxyl groups excluding tert-OH is 2. The van der Waals surface area contributed by atoms with Gasteiger partial charge in [0.25, 0.3) is 0 Å². The molecule has 5 heteroatoms. The standard InChI is InChI=1S/C20H23N3O2/c1-13(2)18(23-17-9-5-6-10-21-17)20(25)19-16-8-4-3-7-14(16)11-15(12-24)22-19/h3-11,13,18,20,24-25H,12H2,1-2H3,(H,21,23)/t18-,20?/m0/s1. The minimum Gasteiger partial charge on any atom is -0.390 e. The third-order valence-corrected chi connectivity index (χ3v) is 4.30. The maximum absolute atomic E-state index is 11.1. The van der Waals surface area contributed by atoms with Gasteiger partial charge in [0, 0.05) is 11.6 Å². The summed E-state index contributed by atoms with van der Waals surface area (Å²) >= 11 is 0. The van der Waals surface area contributed by atoms with Gasteiger partial charge in [0.05, 0.1) is 24.0 Å². The van der Waals surface area contributed by atoms with Crippen molar-refractivity contribution in [3.05, 3.63) is 66.1 Å². The molecule has 0 fully saturated rings. The van der Waals surface area contributed by atoms with E-state index >= 15 is 0 Å². The van der Waals surface area contributed by atoms with Crippen LogP contribution < -0.4 is 5.32 Å². The van der Waals surface area contributed by atoms with Crippen LogP contribution in [0.4, 0.5) is 5.82 Å². The molecule has 0 saturated carbocycles. The van der Waals surface area contributed by atoms with Crippen LogP contribution in [0.2, 0.25) is 0 Å². The fraction of sp³-hybridized carbons (Fsp3) is 0.300. The lowest BCUT2D eigenvalue weighted by atomic mass is 9.93. The highest BCUT2D eigenvalue weighted by Gasteiger charge is 2.27. The molecule has 3 N–H and O–H groups in total. The predicted octanol–water partition coefficient (Wildman–Crippen LogP) is 3.29. The first-order valence-corrected chi connectivity index (χ1v) is 8.45. The Bertz CT molecular complexity index is 837. The van der Waals surface area contributed by atoms with Gasteiger partial charge in [-0.3, -0.25) is 4.98 Å². The minimum atomic E-state index is -0.835. The number of aliphatic hydroxyl groups is 2. The molecule has 0 bridgehead atoms. The average molecular weight is 337 g/mol. The molecule has 25 heavy (non-hydrogen) atoms. The molecule has 0 spiro atoms. The first-order chi connectivity index (χ1) is 12.1. The van der Waals surface area contributed by atoms with E-state index in [9.17, 15) is 10.2 Å². The van der Waals surface area contributed by atoms with Crippen LogP contribution in [-0.2, 0) is 6.61 Å². The van der Waals surface area contributed by atoms with E-state index in [1.165, 1.54) is 0 Å². The molecule has 2 heterocycles. The Hall–Kier alpha value is -2.50. The number of anilines is 1. The van der Waals surface area contributed by atoms with Crippen molar-refractivity contribution in [3.8, 4) is 0 Å². The summed E-state index contributed by atoms with van der Waals surface area (Å²) in [5, 5.41) is 25.8. The van der Waals surface area contributed by atoms with Crippen molar-refractivity contribution in [1.82, 2.24) is 9.97 Å². The van der Waals surface area contributed by atoms with Gasteiger partial charge in [-0.15, -0.1) is 0 Å². The maximum Gasteiger partial charge on any atom is 0.126 e. The highest BCUT2D eigenvalue weighted by Crippen LogP contribution is 2.29. The van der Waals surface area contributed by atoms with Gasteiger partial charge in [-0.1, -0.05) is 44.2 Å². The van der Waals surface area contributed by atoms with Crippen molar-refractivity contribution in [2.75, 3.05) is 5.32 Å². The van der Waals surface area contributed by atoms with Gasteiger partial charge < -0.3 is 15.5 Å². The van der Waals surface area contributed by atoms with Crippen LogP contribution in [0.3, 0.4) is 0 Å². The van der Waals surface area contributed by atoms with Crippen LogP contribution in [0, 0.1) is 5.92 Å². The lowest BCUT2D eigenvalue weighted by molar-refractivity contribution is 0.131. The van der Waals surface area contributed by atoms with E-state index in [2.05, 4.69) is 15.3 Å². The molecular formula is C20H23N3O2. The van der Waals surface area contributed by atoms with E-state index in [-0.39, 0.29) is 18.6 Å². The molecular weight excluding hydrogens is 314 g/mol. The average Bonchev–Trinajstić information content (AvgIpc) is 2.65. The lowest BCUT2D eigenvalue weighted by Crippen LogP contribution is -2.33. The van der Waals surface area contributed by atoms with Crippen LogP contribution >= 0.6 is 0 Å². The van der Waals surface area contributed by atoms with E-state index in [1.54, 1.807) is 6.20 Å². The topological polar surface area (TPSA) is 78.3 Å². The molecule has 0 saturated heterocycles. The van der Waals surface area contributed by atoms with E-state index in [4.69, 9.17) is 0 Å². The van der Waals surface area contributed by atoms with Crippen molar-refractivity contribution < 1.29 is 10.2 Å². The molecule has 0 radical (unpaired) electrons. The Labute approximate surface area is 147 Å². The second-order valence-corrected chi connectivity index (χ2v) is 6.45.